The monoisotopic (exact) mass is 383 g/mol. The van der Waals surface area contributed by atoms with Crippen LogP contribution in [0, 0.1) is 3.95 Å². The molecule has 0 radical (unpaired) electrons. The minimum absolute atomic E-state index is 0.0974. The average Bonchev–Trinajstić information content (AvgIpc) is 3.19. The van der Waals surface area contributed by atoms with E-state index in [9.17, 15) is 9.59 Å². The van der Waals surface area contributed by atoms with Crippen LogP contribution in [0.2, 0.25) is 0 Å². The van der Waals surface area contributed by atoms with Gasteiger partial charge in [0.15, 0.2) is 3.95 Å². The van der Waals surface area contributed by atoms with Gasteiger partial charge in [-0.2, -0.15) is 0 Å². The molecule has 1 aliphatic heterocycles. The van der Waals surface area contributed by atoms with Gasteiger partial charge in [-0.15, -0.1) is 5.10 Å². The molecule has 1 unspecified atom stereocenters. The van der Waals surface area contributed by atoms with E-state index in [4.69, 9.17) is 12.2 Å². The van der Waals surface area contributed by atoms with E-state index < -0.39 is 0 Å². The maximum Gasteiger partial charge on any atom is 0.239 e. The number of likely N-dealkylation sites (tertiary alicyclic amines) is 1. The van der Waals surface area contributed by atoms with Crippen molar-refractivity contribution < 1.29 is 9.59 Å². The van der Waals surface area contributed by atoms with Gasteiger partial charge in [-0.3, -0.25) is 19.4 Å². The fourth-order valence-corrected chi connectivity index (χ4v) is 4.37. The normalized spacial score (nSPS) is 20.7. The second-order valence-corrected chi connectivity index (χ2v) is 8.44. The van der Waals surface area contributed by atoms with Crippen LogP contribution in [0.1, 0.15) is 39.0 Å². The number of likely N-dealkylation sites (N-methyl/N-ethyl adjacent to an activating group) is 1. The van der Waals surface area contributed by atoms with Gasteiger partial charge >= 0.3 is 0 Å². The highest BCUT2D eigenvalue weighted by atomic mass is 32.1. The number of aromatic nitrogens is 2. The molecule has 2 heterocycles. The summed E-state index contributed by atoms with van der Waals surface area (Å²) in [5.41, 5.74) is 0. The van der Waals surface area contributed by atoms with Gasteiger partial charge in [0, 0.05) is 33.1 Å². The Balaban J connectivity index is 1.77. The van der Waals surface area contributed by atoms with Crippen LogP contribution in [0.15, 0.2) is 0 Å². The smallest absolute Gasteiger partial charge is 0.239 e. The Morgan fingerprint density at radius 2 is 2.04 bits per heavy atom. The van der Waals surface area contributed by atoms with E-state index in [-0.39, 0.29) is 23.9 Å². The molecule has 138 valence electrons. The minimum Gasteiger partial charge on any atom is -0.347 e. The Kier molecular flexibility index (Phi) is 5.55. The van der Waals surface area contributed by atoms with Crippen molar-refractivity contribution in [3.05, 3.63) is 3.95 Å². The number of carbonyl (C=O) groups excluding carboxylic acids is 2. The van der Waals surface area contributed by atoms with E-state index in [0.717, 1.165) is 32.2 Å². The van der Waals surface area contributed by atoms with Gasteiger partial charge in [0.2, 0.25) is 16.9 Å². The minimum atomic E-state index is -0.112. The zero-order chi connectivity index (χ0) is 18.1. The number of amides is 2. The number of anilines is 1. The number of hydrogen-bond acceptors (Lipinski definition) is 6. The number of nitrogens with zero attached hydrogens (tertiary/aromatic N) is 5. The van der Waals surface area contributed by atoms with E-state index in [2.05, 4.69) is 10.00 Å². The molecular formula is C16H25N5O2S2. The molecule has 9 heteroatoms. The number of hydrogen-bond donors (Lipinski definition) is 0. The molecule has 1 aromatic rings. The average molecular weight is 384 g/mol. The van der Waals surface area contributed by atoms with E-state index in [1.807, 2.05) is 11.8 Å². The first-order chi connectivity index (χ1) is 11.9. The summed E-state index contributed by atoms with van der Waals surface area (Å²) >= 11 is 6.85. The Hall–Kier alpha value is -1.32. The summed E-state index contributed by atoms with van der Waals surface area (Å²) in [4.78, 5) is 30.2. The van der Waals surface area contributed by atoms with Crippen LogP contribution in [-0.4, -0.2) is 64.1 Å². The standard InChI is InChI=1S/C16H25N5O2S2/c1-4-13(22)21(11-7-8-11)15-17-20(16(24)25-15)10-19-9-5-6-12(19)14(23)18(2)3/h11-12H,4-10H2,1-3H3. The Morgan fingerprint density at radius 1 is 1.32 bits per heavy atom. The summed E-state index contributed by atoms with van der Waals surface area (Å²) in [6, 6.07) is 0.162. The zero-order valence-corrected chi connectivity index (χ0v) is 16.6. The van der Waals surface area contributed by atoms with Crippen molar-refractivity contribution in [3.8, 4) is 0 Å². The molecule has 2 amide bonds. The summed E-state index contributed by atoms with van der Waals surface area (Å²) in [5, 5.41) is 5.30. The topological polar surface area (TPSA) is 61.7 Å². The van der Waals surface area contributed by atoms with Crippen molar-refractivity contribution in [2.45, 2.75) is 57.8 Å². The SMILES string of the molecule is CCC(=O)N(c1nn(CN2CCCC2C(=O)N(C)C)c(=S)s1)C1CC1. The molecule has 1 aliphatic carbocycles. The Labute approximate surface area is 157 Å². The molecule has 3 rings (SSSR count). The fraction of sp³-hybridized carbons (Fsp3) is 0.750. The van der Waals surface area contributed by atoms with E-state index in [0.29, 0.717) is 22.2 Å². The lowest BCUT2D eigenvalue weighted by atomic mass is 10.2. The third-order valence-corrected chi connectivity index (χ3v) is 6.00. The molecule has 7 nitrogen and oxygen atoms in total. The quantitative estimate of drug-likeness (QED) is 0.704. The van der Waals surface area contributed by atoms with Gasteiger partial charge in [0.1, 0.15) is 0 Å². The second kappa shape index (κ2) is 7.51. The second-order valence-electron chi connectivity index (χ2n) is 6.84. The molecule has 1 saturated carbocycles. The maximum absolute atomic E-state index is 12.3. The molecule has 1 atom stereocenters. The number of rotatable bonds is 6. The Morgan fingerprint density at radius 3 is 2.64 bits per heavy atom. The van der Waals surface area contributed by atoms with Gasteiger partial charge < -0.3 is 4.90 Å². The summed E-state index contributed by atoms with van der Waals surface area (Å²) in [6.45, 7) is 3.23. The predicted octanol–water partition coefficient (Wildman–Crippen LogP) is 2.09. The molecule has 1 saturated heterocycles. The molecule has 0 spiro atoms. The summed E-state index contributed by atoms with van der Waals surface area (Å²) < 4.78 is 2.40. The van der Waals surface area contributed by atoms with Crippen LogP contribution in [0.25, 0.3) is 0 Å². The zero-order valence-electron chi connectivity index (χ0n) is 15.0. The molecule has 0 N–H and O–H groups in total. The molecule has 0 aromatic carbocycles. The van der Waals surface area contributed by atoms with Crippen LogP contribution in [0.4, 0.5) is 5.13 Å². The first-order valence-corrected chi connectivity index (χ1v) is 10.00. The van der Waals surface area contributed by atoms with E-state index in [1.165, 1.54) is 11.3 Å². The van der Waals surface area contributed by atoms with Gasteiger partial charge in [0.25, 0.3) is 0 Å². The van der Waals surface area contributed by atoms with Crippen molar-refractivity contribution in [3.63, 3.8) is 0 Å². The lowest BCUT2D eigenvalue weighted by Gasteiger charge is -2.25. The first-order valence-electron chi connectivity index (χ1n) is 8.77. The Bertz CT molecular complexity index is 710. The van der Waals surface area contributed by atoms with Crippen LogP contribution in [0.3, 0.4) is 0 Å². The largest absolute Gasteiger partial charge is 0.347 e. The van der Waals surface area contributed by atoms with Crippen molar-refractivity contribution in [2.75, 3.05) is 25.5 Å². The molecular weight excluding hydrogens is 358 g/mol. The third-order valence-electron chi connectivity index (χ3n) is 4.69. The predicted molar refractivity (Wildman–Crippen MR) is 100 cm³/mol. The van der Waals surface area contributed by atoms with Gasteiger partial charge in [-0.25, -0.2) is 4.68 Å². The van der Waals surface area contributed by atoms with Gasteiger partial charge in [0.05, 0.1) is 12.7 Å². The van der Waals surface area contributed by atoms with Crippen LogP contribution < -0.4 is 4.90 Å². The highest BCUT2D eigenvalue weighted by Crippen LogP contribution is 2.34. The molecule has 0 bridgehead atoms. The van der Waals surface area contributed by atoms with Gasteiger partial charge in [-0.05, 0) is 37.9 Å². The van der Waals surface area contributed by atoms with Crippen molar-refractivity contribution in [1.82, 2.24) is 19.6 Å². The molecule has 25 heavy (non-hydrogen) atoms. The molecule has 2 fully saturated rings. The van der Waals surface area contributed by atoms with Crippen LogP contribution >= 0.6 is 23.6 Å². The third kappa shape index (κ3) is 3.93. The van der Waals surface area contributed by atoms with Crippen molar-refractivity contribution in [2.24, 2.45) is 0 Å². The first kappa shape index (κ1) is 18.5. The lowest BCUT2D eigenvalue weighted by molar-refractivity contribution is -0.134. The maximum atomic E-state index is 12.3. The van der Waals surface area contributed by atoms with Gasteiger partial charge in [-0.1, -0.05) is 18.3 Å². The summed E-state index contributed by atoms with van der Waals surface area (Å²) in [5.74, 6) is 0.223. The summed E-state index contributed by atoms with van der Waals surface area (Å²) in [6.07, 6.45) is 4.39. The molecule has 2 aliphatic rings. The van der Waals surface area contributed by atoms with E-state index >= 15 is 0 Å². The molecule has 1 aromatic heterocycles. The number of carbonyl (C=O) groups is 2. The van der Waals surface area contributed by atoms with E-state index in [1.54, 1.807) is 23.7 Å². The highest BCUT2D eigenvalue weighted by Gasteiger charge is 2.36. The highest BCUT2D eigenvalue weighted by molar-refractivity contribution is 7.73. The summed E-state index contributed by atoms with van der Waals surface area (Å²) in [7, 11) is 3.57. The van der Waals surface area contributed by atoms with Crippen LogP contribution in [0.5, 0.6) is 0 Å². The fourth-order valence-electron chi connectivity index (χ4n) is 3.20. The van der Waals surface area contributed by atoms with Crippen molar-refractivity contribution >= 4 is 40.5 Å². The van der Waals surface area contributed by atoms with Crippen molar-refractivity contribution in [1.29, 1.82) is 0 Å². The lowest BCUT2D eigenvalue weighted by Crippen LogP contribution is -2.43. The van der Waals surface area contributed by atoms with Crippen LogP contribution in [-0.2, 0) is 16.3 Å².